The summed E-state index contributed by atoms with van der Waals surface area (Å²) in [4.78, 5) is 34.3. The van der Waals surface area contributed by atoms with Gasteiger partial charge in [0.2, 0.25) is 0 Å². The number of fused-ring (bicyclic) bond motifs is 1. The van der Waals surface area contributed by atoms with E-state index in [-0.39, 0.29) is 0 Å². The van der Waals surface area contributed by atoms with Crippen LogP contribution in [0.5, 0.6) is 11.5 Å². The van der Waals surface area contributed by atoms with Crippen LogP contribution in [0.3, 0.4) is 0 Å². The van der Waals surface area contributed by atoms with Crippen LogP contribution in [-0.4, -0.2) is 44.3 Å². The van der Waals surface area contributed by atoms with E-state index in [1.54, 1.807) is 18.2 Å². The van der Waals surface area contributed by atoms with Crippen molar-refractivity contribution < 1.29 is 28.6 Å². The molecule has 128 valence electrons. The lowest BCUT2D eigenvalue weighted by Gasteiger charge is -2.18. The second kappa shape index (κ2) is 8.00. The Labute approximate surface area is 138 Å². The van der Waals surface area contributed by atoms with Crippen molar-refractivity contribution in [1.29, 1.82) is 0 Å². The molecule has 1 aromatic rings. The fourth-order valence-electron chi connectivity index (χ4n) is 1.87. The molecule has 0 saturated carbocycles. The van der Waals surface area contributed by atoms with E-state index in [2.05, 4.69) is 5.32 Å². The van der Waals surface area contributed by atoms with Crippen molar-refractivity contribution in [3.63, 3.8) is 0 Å². The third-order valence-corrected chi connectivity index (χ3v) is 3.10. The highest BCUT2D eigenvalue weighted by molar-refractivity contribution is 5.97. The van der Waals surface area contributed by atoms with Crippen LogP contribution in [0.1, 0.15) is 12.5 Å². The fourth-order valence-corrected chi connectivity index (χ4v) is 1.87. The average molecular weight is 334 g/mol. The molecule has 1 aromatic carbocycles. The lowest BCUT2D eigenvalue weighted by atomic mass is 10.2. The monoisotopic (exact) mass is 334 g/mol. The summed E-state index contributed by atoms with van der Waals surface area (Å²) >= 11 is 0. The number of carbonyl (C=O) groups is 3. The number of benzene rings is 1. The first-order chi connectivity index (χ1) is 11.5. The van der Waals surface area contributed by atoms with Crippen LogP contribution >= 0.6 is 0 Å². The quantitative estimate of drug-likeness (QED) is 0.625. The van der Waals surface area contributed by atoms with Crippen molar-refractivity contribution in [3.8, 4) is 11.5 Å². The van der Waals surface area contributed by atoms with Gasteiger partial charge in [-0.2, -0.15) is 0 Å². The number of imide groups is 1. The van der Waals surface area contributed by atoms with Crippen molar-refractivity contribution in [2.75, 3.05) is 20.3 Å². The number of ether oxygens (including phenoxy) is 3. The molecular weight excluding hydrogens is 316 g/mol. The van der Waals surface area contributed by atoms with Gasteiger partial charge in [0, 0.05) is 13.1 Å². The molecule has 0 radical (unpaired) electrons. The van der Waals surface area contributed by atoms with Gasteiger partial charge in [0.15, 0.2) is 17.6 Å². The lowest BCUT2D eigenvalue weighted by molar-refractivity contribution is -0.149. The zero-order chi connectivity index (χ0) is 17.5. The number of hydrogen-bond donors (Lipinski definition) is 2. The van der Waals surface area contributed by atoms with Gasteiger partial charge >= 0.3 is 12.0 Å². The van der Waals surface area contributed by atoms with E-state index in [9.17, 15) is 14.4 Å². The Bertz CT molecular complexity index is 671. The van der Waals surface area contributed by atoms with Crippen LogP contribution in [-0.2, 0) is 14.3 Å². The van der Waals surface area contributed by atoms with Gasteiger partial charge in [-0.15, -0.1) is 0 Å². The van der Waals surface area contributed by atoms with Crippen molar-refractivity contribution in [2.45, 2.75) is 13.0 Å². The molecule has 24 heavy (non-hydrogen) atoms. The minimum Gasteiger partial charge on any atom is -0.486 e. The average Bonchev–Trinajstić information content (AvgIpc) is 2.59. The summed E-state index contributed by atoms with van der Waals surface area (Å²) in [6.07, 6.45) is 1.62. The second-order valence-corrected chi connectivity index (χ2v) is 4.88. The van der Waals surface area contributed by atoms with Gasteiger partial charge in [0.25, 0.3) is 5.91 Å². The molecule has 8 heteroatoms. The van der Waals surface area contributed by atoms with Gasteiger partial charge in [-0.1, -0.05) is 6.07 Å². The highest BCUT2D eigenvalue weighted by Crippen LogP contribution is 2.31. The molecule has 8 nitrogen and oxygen atoms in total. The Morgan fingerprint density at radius 2 is 1.92 bits per heavy atom. The molecule has 0 aromatic heterocycles. The minimum absolute atomic E-state index is 0.472. The largest absolute Gasteiger partial charge is 0.486 e. The maximum Gasteiger partial charge on any atom is 0.331 e. The summed E-state index contributed by atoms with van der Waals surface area (Å²) in [5, 5.41) is 4.25. The third-order valence-electron chi connectivity index (χ3n) is 3.10. The molecule has 1 aliphatic heterocycles. The van der Waals surface area contributed by atoms with Crippen molar-refractivity contribution >= 4 is 24.0 Å². The second-order valence-electron chi connectivity index (χ2n) is 4.88. The number of urea groups is 1. The number of amides is 3. The Morgan fingerprint density at radius 3 is 2.62 bits per heavy atom. The maximum absolute atomic E-state index is 11.7. The van der Waals surface area contributed by atoms with Crippen LogP contribution in [0.4, 0.5) is 4.79 Å². The summed E-state index contributed by atoms with van der Waals surface area (Å²) in [6, 6.07) is 4.58. The molecule has 0 aliphatic carbocycles. The minimum atomic E-state index is -1.10. The first-order valence-electron chi connectivity index (χ1n) is 7.30. The lowest BCUT2D eigenvalue weighted by Crippen LogP contribution is -2.43. The Morgan fingerprint density at radius 1 is 1.21 bits per heavy atom. The number of hydrogen-bond acceptors (Lipinski definition) is 6. The number of rotatable bonds is 4. The SMILES string of the molecule is CNC(=O)NC(=O)[C@H](C)OC(=O)/C=C/c1ccc2c(c1)OCCO2. The van der Waals surface area contributed by atoms with Gasteiger partial charge in [-0.3, -0.25) is 10.1 Å². The van der Waals surface area contributed by atoms with Crippen LogP contribution in [0.2, 0.25) is 0 Å². The smallest absolute Gasteiger partial charge is 0.331 e. The van der Waals surface area contributed by atoms with E-state index < -0.39 is 24.0 Å². The zero-order valence-electron chi connectivity index (χ0n) is 13.3. The molecular formula is C16H18N2O6. The Kier molecular flexibility index (Phi) is 5.78. The normalized spacial score (nSPS) is 13.9. The zero-order valence-corrected chi connectivity index (χ0v) is 13.3. The number of carbonyl (C=O) groups excluding carboxylic acids is 3. The summed E-state index contributed by atoms with van der Waals surface area (Å²) in [5.74, 6) is -0.157. The van der Waals surface area contributed by atoms with E-state index >= 15 is 0 Å². The molecule has 2 N–H and O–H groups in total. The highest BCUT2D eigenvalue weighted by Gasteiger charge is 2.18. The third kappa shape index (κ3) is 4.73. The van der Waals surface area contributed by atoms with Gasteiger partial charge in [-0.05, 0) is 30.7 Å². The van der Waals surface area contributed by atoms with Gasteiger partial charge in [-0.25, -0.2) is 9.59 Å². The molecule has 0 spiro atoms. The van der Waals surface area contributed by atoms with Crippen LogP contribution < -0.4 is 20.1 Å². The summed E-state index contributed by atoms with van der Waals surface area (Å²) < 4.78 is 15.8. The molecule has 0 unspecified atom stereocenters. The summed E-state index contributed by atoms with van der Waals surface area (Å²) in [7, 11) is 1.37. The van der Waals surface area contributed by atoms with E-state index in [0.29, 0.717) is 24.7 Å². The van der Waals surface area contributed by atoms with E-state index in [1.165, 1.54) is 26.1 Å². The number of nitrogens with one attached hydrogen (secondary N) is 2. The summed E-state index contributed by atoms with van der Waals surface area (Å²) in [6.45, 7) is 2.35. The molecule has 2 rings (SSSR count). The van der Waals surface area contributed by atoms with E-state index in [0.717, 1.165) is 5.56 Å². The molecule has 1 heterocycles. The summed E-state index contributed by atoms with van der Waals surface area (Å²) in [5.41, 5.74) is 0.721. The number of esters is 1. The van der Waals surface area contributed by atoms with Crippen molar-refractivity contribution in [1.82, 2.24) is 10.6 Å². The fraction of sp³-hybridized carbons (Fsp3) is 0.312. The van der Waals surface area contributed by atoms with Crippen LogP contribution in [0.25, 0.3) is 6.08 Å². The van der Waals surface area contributed by atoms with Gasteiger partial charge in [0.05, 0.1) is 0 Å². The van der Waals surface area contributed by atoms with Crippen LogP contribution in [0, 0.1) is 0 Å². The standard InChI is InChI=1S/C16H18N2O6/c1-10(15(20)18-16(21)17-2)24-14(19)6-4-11-3-5-12-13(9-11)23-8-7-22-12/h3-6,9-10H,7-8H2,1-2H3,(H2,17,18,20,21)/b6-4+/t10-/m0/s1. The molecule has 3 amide bonds. The first kappa shape index (κ1) is 17.3. The molecule has 1 atom stereocenters. The highest BCUT2D eigenvalue weighted by atomic mass is 16.6. The van der Waals surface area contributed by atoms with Crippen LogP contribution in [0.15, 0.2) is 24.3 Å². The van der Waals surface area contributed by atoms with Crippen molar-refractivity contribution in [2.24, 2.45) is 0 Å². The Balaban J connectivity index is 1.90. The van der Waals surface area contributed by atoms with E-state index in [1.807, 2.05) is 5.32 Å². The topological polar surface area (TPSA) is 103 Å². The molecule has 0 saturated heterocycles. The molecule has 0 bridgehead atoms. The van der Waals surface area contributed by atoms with E-state index in [4.69, 9.17) is 14.2 Å². The van der Waals surface area contributed by atoms with Gasteiger partial charge < -0.3 is 19.5 Å². The predicted octanol–water partition coefficient (Wildman–Crippen LogP) is 0.858. The molecule has 0 fully saturated rings. The van der Waals surface area contributed by atoms with Gasteiger partial charge in [0.1, 0.15) is 13.2 Å². The Hall–Kier alpha value is -3.03. The van der Waals surface area contributed by atoms with Crippen molar-refractivity contribution in [3.05, 3.63) is 29.8 Å². The predicted molar refractivity (Wildman–Crippen MR) is 84.6 cm³/mol. The molecule has 1 aliphatic rings. The first-order valence-corrected chi connectivity index (χ1v) is 7.30. The maximum atomic E-state index is 11.7.